The largest absolute Gasteiger partial charge is 0.452 e. The normalized spacial score (nSPS) is 30.7. The van der Waals surface area contributed by atoms with Crippen LogP contribution >= 0.6 is 11.3 Å². The van der Waals surface area contributed by atoms with Crippen molar-refractivity contribution in [3.63, 3.8) is 0 Å². The molecule has 0 unspecified atom stereocenters. The van der Waals surface area contributed by atoms with Crippen LogP contribution in [0.5, 0.6) is 0 Å². The molecule has 4 aliphatic rings. The van der Waals surface area contributed by atoms with Crippen LogP contribution in [-0.4, -0.2) is 23.0 Å². The number of carbonyl (C=O) groups is 2. The quantitative estimate of drug-likeness (QED) is 0.712. The highest BCUT2D eigenvalue weighted by Crippen LogP contribution is 2.60. The fourth-order valence-corrected chi connectivity index (χ4v) is 6.70. The average molecular weight is 411 g/mol. The summed E-state index contributed by atoms with van der Waals surface area (Å²) in [4.78, 5) is 30.1. The predicted octanol–water partition coefficient (Wildman–Crippen LogP) is 4.90. The Balaban J connectivity index is 1.21. The molecule has 4 fully saturated rings. The summed E-state index contributed by atoms with van der Waals surface area (Å²) < 4.78 is 5.69. The summed E-state index contributed by atoms with van der Waals surface area (Å²) in [5.74, 6) is 1.53. The molecule has 1 heterocycles. The minimum Gasteiger partial charge on any atom is -0.452 e. The molecule has 4 saturated carbocycles. The number of aromatic nitrogens is 1. The first-order valence-electron chi connectivity index (χ1n) is 10.5. The Morgan fingerprint density at radius 3 is 2.34 bits per heavy atom. The monoisotopic (exact) mass is 410 g/mol. The molecular weight excluding hydrogens is 384 g/mol. The van der Waals surface area contributed by atoms with Crippen LogP contribution in [0.3, 0.4) is 0 Å². The van der Waals surface area contributed by atoms with Crippen molar-refractivity contribution in [1.29, 1.82) is 0 Å². The van der Waals surface area contributed by atoms with Crippen molar-refractivity contribution < 1.29 is 14.3 Å². The first-order valence-corrected chi connectivity index (χ1v) is 11.4. The number of rotatable bonds is 5. The van der Waals surface area contributed by atoms with Gasteiger partial charge in [-0.3, -0.25) is 14.9 Å². The maximum absolute atomic E-state index is 13.0. The van der Waals surface area contributed by atoms with Gasteiger partial charge in [-0.25, -0.2) is 4.98 Å². The number of benzene rings is 1. The maximum atomic E-state index is 13.0. The Morgan fingerprint density at radius 1 is 1.10 bits per heavy atom. The van der Waals surface area contributed by atoms with Gasteiger partial charge in [-0.1, -0.05) is 30.3 Å². The molecule has 4 bridgehead atoms. The molecule has 1 atom stereocenters. The van der Waals surface area contributed by atoms with Crippen molar-refractivity contribution in [3.8, 4) is 11.3 Å². The van der Waals surface area contributed by atoms with Crippen molar-refractivity contribution in [2.45, 2.75) is 51.6 Å². The Bertz CT molecular complexity index is 888. The smallest absolute Gasteiger partial charge is 0.312 e. The first kappa shape index (κ1) is 18.8. The lowest BCUT2D eigenvalue weighted by molar-refractivity contribution is -0.177. The number of thiazole rings is 1. The van der Waals surface area contributed by atoms with Crippen LogP contribution < -0.4 is 5.32 Å². The predicted molar refractivity (Wildman–Crippen MR) is 112 cm³/mol. The Hall–Kier alpha value is -2.21. The molecule has 0 radical (unpaired) electrons. The molecular formula is C23H26N2O3S. The van der Waals surface area contributed by atoms with Gasteiger partial charge in [0.15, 0.2) is 11.2 Å². The number of ether oxygens (including phenoxy) is 1. The van der Waals surface area contributed by atoms with E-state index in [0.717, 1.165) is 30.5 Å². The first-order chi connectivity index (χ1) is 14.0. The zero-order valence-corrected chi connectivity index (χ0v) is 17.4. The van der Waals surface area contributed by atoms with E-state index in [4.69, 9.17) is 4.74 Å². The number of anilines is 1. The van der Waals surface area contributed by atoms with Crippen LogP contribution in [0.4, 0.5) is 5.13 Å². The van der Waals surface area contributed by atoms with Crippen LogP contribution in [0.15, 0.2) is 35.7 Å². The molecule has 0 aliphatic heterocycles. The highest BCUT2D eigenvalue weighted by atomic mass is 32.1. The van der Waals surface area contributed by atoms with E-state index < -0.39 is 6.10 Å². The standard InChI is InChI=1S/C23H26N2O3S/c1-14(20(26)25-22-24-19(13-29-22)18-5-3-2-4-6-18)28-21(27)23-10-15-7-16(11-23)9-17(8-15)12-23/h2-6,13-17H,7-12H2,1H3,(H,24,25,26)/t14-,15?,16?,17?,23?/m0/s1. The summed E-state index contributed by atoms with van der Waals surface area (Å²) in [5.41, 5.74) is 1.49. The zero-order chi connectivity index (χ0) is 20.0. The molecule has 2 aromatic rings. The second kappa shape index (κ2) is 7.24. The Kier molecular flexibility index (Phi) is 4.69. The van der Waals surface area contributed by atoms with Gasteiger partial charge < -0.3 is 4.74 Å². The molecule has 1 N–H and O–H groups in total. The fourth-order valence-electron chi connectivity index (χ4n) is 5.98. The van der Waals surface area contributed by atoms with Gasteiger partial charge >= 0.3 is 5.97 Å². The number of carbonyl (C=O) groups excluding carboxylic acids is 2. The number of hydrogen-bond donors (Lipinski definition) is 1. The van der Waals surface area contributed by atoms with E-state index in [2.05, 4.69) is 10.3 Å². The third-order valence-corrected chi connectivity index (χ3v) is 7.69. The van der Waals surface area contributed by atoms with Gasteiger partial charge in [0.1, 0.15) is 0 Å². The van der Waals surface area contributed by atoms with Crippen molar-refractivity contribution in [2.24, 2.45) is 23.2 Å². The topological polar surface area (TPSA) is 68.3 Å². The van der Waals surface area contributed by atoms with Gasteiger partial charge in [-0.15, -0.1) is 11.3 Å². The van der Waals surface area contributed by atoms with Gasteiger partial charge in [0.05, 0.1) is 11.1 Å². The van der Waals surface area contributed by atoms with Crippen LogP contribution in [-0.2, 0) is 14.3 Å². The second-order valence-corrected chi connectivity index (χ2v) is 10.00. The number of nitrogens with one attached hydrogen (secondary N) is 1. The molecule has 1 amide bonds. The number of esters is 1. The zero-order valence-electron chi connectivity index (χ0n) is 16.6. The van der Waals surface area contributed by atoms with E-state index in [-0.39, 0.29) is 17.3 Å². The third-order valence-electron chi connectivity index (χ3n) is 6.93. The molecule has 1 aromatic carbocycles. The molecule has 5 nitrogen and oxygen atoms in total. The molecule has 1 aromatic heterocycles. The van der Waals surface area contributed by atoms with Gasteiger partial charge in [-0.05, 0) is 63.2 Å². The second-order valence-electron chi connectivity index (χ2n) is 9.14. The molecule has 152 valence electrons. The van der Waals surface area contributed by atoms with Crippen molar-refractivity contribution in [3.05, 3.63) is 35.7 Å². The van der Waals surface area contributed by atoms with Crippen LogP contribution in [0.25, 0.3) is 11.3 Å². The minimum atomic E-state index is -0.820. The van der Waals surface area contributed by atoms with E-state index in [1.807, 2.05) is 35.7 Å². The van der Waals surface area contributed by atoms with Crippen molar-refractivity contribution in [2.75, 3.05) is 5.32 Å². The number of amides is 1. The van der Waals surface area contributed by atoms with Gasteiger partial charge in [0.25, 0.3) is 5.91 Å². The molecule has 29 heavy (non-hydrogen) atoms. The lowest BCUT2D eigenvalue weighted by Gasteiger charge is -2.55. The summed E-state index contributed by atoms with van der Waals surface area (Å²) in [7, 11) is 0. The Labute approximate surface area is 174 Å². The minimum absolute atomic E-state index is 0.164. The average Bonchev–Trinajstić information content (AvgIpc) is 3.16. The summed E-state index contributed by atoms with van der Waals surface area (Å²) in [5, 5.41) is 5.24. The van der Waals surface area contributed by atoms with E-state index in [1.54, 1.807) is 6.92 Å². The van der Waals surface area contributed by atoms with Gasteiger partial charge in [0.2, 0.25) is 0 Å². The molecule has 4 aliphatic carbocycles. The molecule has 6 heteroatoms. The van der Waals surface area contributed by atoms with Crippen LogP contribution in [0.2, 0.25) is 0 Å². The summed E-state index contributed by atoms with van der Waals surface area (Å²) in [6.07, 6.45) is 5.83. The van der Waals surface area contributed by atoms with Gasteiger partial charge in [-0.2, -0.15) is 0 Å². The number of hydrogen-bond acceptors (Lipinski definition) is 5. The SMILES string of the molecule is C[C@H](OC(=O)C12CC3CC(CC(C3)C1)C2)C(=O)Nc1nc(-c2ccccc2)cs1. The highest BCUT2D eigenvalue weighted by Gasteiger charge is 2.55. The van der Waals surface area contributed by atoms with E-state index >= 15 is 0 Å². The van der Waals surface area contributed by atoms with Crippen molar-refractivity contribution >= 4 is 28.3 Å². The maximum Gasteiger partial charge on any atom is 0.312 e. The summed E-state index contributed by atoms with van der Waals surface area (Å²) >= 11 is 1.37. The molecule has 0 spiro atoms. The lowest BCUT2D eigenvalue weighted by Crippen LogP contribution is -2.51. The van der Waals surface area contributed by atoms with E-state index in [1.165, 1.54) is 30.6 Å². The summed E-state index contributed by atoms with van der Waals surface area (Å²) in [6.45, 7) is 1.65. The lowest BCUT2D eigenvalue weighted by atomic mass is 9.49. The van der Waals surface area contributed by atoms with Crippen molar-refractivity contribution in [1.82, 2.24) is 4.98 Å². The third kappa shape index (κ3) is 3.59. The Morgan fingerprint density at radius 2 is 1.72 bits per heavy atom. The van der Waals surface area contributed by atoms with Gasteiger partial charge in [0, 0.05) is 10.9 Å². The van der Waals surface area contributed by atoms with E-state index in [0.29, 0.717) is 22.9 Å². The van der Waals surface area contributed by atoms with Crippen LogP contribution in [0, 0.1) is 23.2 Å². The van der Waals surface area contributed by atoms with Crippen LogP contribution in [0.1, 0.15) is 45.4 Å². The molecule has 6 rings (SSSR count). The van der Waals surface area contributed by atoms with E-state index in [9.17, 15) is 9.59 Å². The number of nitrogens with zero attached hydrogens (tertiary/aromatic N) is 1. The highest BCUT2D eigenvalue weighted by molar-refractivity contribution is 7.14. The fraction of sp³-hybridized carbons (Fsp3) is 0.522. The molecule has 0 saturated heterocycles. The summed E-state index contributed by atoms with van der Waals surface area (Å²) in [6, 6.07) is 9.84.